The molecule has 0 spiro atoms. The van der Waals surface area contributed by atoms with Gasteiger partial charge in [-0.05, 0) is 48.4 Å². The molecule has 9 heteroatoms. The van der Waals surface area contributed by atoms with Crippen LogP contribution in [0.5, 0.6) is 5.88 Å². The number of rotatable bonds is 8. The van der Waals surface area contributed by atoms with Crippen molar-refractivity contribution in [2.45, 2.75) is 32.1 Å². The Morgan fingerprint density at radius 1 is 0.923 bits per heavy atom. The number of nitrogens with zero attached hydrogens (tertiary/aromatic N) is 3. The molecule has 3 heterocycles. The van der Waals surface area contributed by atoms with Gasteiger partial charge in [0.05, 0.1) is 29.4 Å². The summed E-state index contributed by atoms with van der Waals surface area (Å²) in [5, 5.41) is 0.280. The van der Waals surface area contributed by atoms with Crippen molar-refractivity contribution in [1.29, 1.82) is 0 Å². The van der Waals surface area contributed by atoms with E-state index in [0.717, 1.165) is 24.1 Å². The predicted octanol–water partition coefficient (Wildman–Crippen LogP) is 7.13. The molecule has 3 aromatic carbocycles. The van der Waals surface area contributed by atoms with Crippen LogP contribution in [0.3, 0.4) is 0 Å². The monoisotopic (exact) mass is 549 g/mol. The molecule has 0 unspecified atom stereocenters. The van der Waals surface area contributed by atoms with Gasteiger partial charge < -0.3 is 14.0 Å². The van der Waals surface area contributed by atoms with Crippen LogP contribution in [0, 0.1) is 17.5 Å². The van der Waals surface area contributed by atoms with E-state index in [-0.39, 0.29) is 46.9 Å². The first-order valence-corrected chi connectivity index (χ1v) is 12.9. The Bertz CT molecular complexity index is 1670. The molecule has 1 saturated heterocycles. The second-order valence-corrected chi connectivity index (χ2v) is 9.81. The molecule has 1 fully saturated rings. The highest BCUT2D eigenvalue weighted by Gasteiger charge is 2.23. The third-order valence-corrected chi connectivity index (χ3v) is 7.05. The zero-order chi connectivity index (χ0) is 26.9. The third-order valence-electron chi connectivity index (χ3n) is 6.81. The zero-order valence-corrected chi connectivity index (χ0v) is 21.5. The summed E-state index contributed by atoms with van der Waals surface area (Å²) in [7, 11) is 0. The van der Waals surface area contributed by atoms with Gasteiger partial charge in [-0.15, -0.1) is 0 Å². The van der Waals surface area contributed by atoms with Crippen molar-refractivity contribution in [3.8, 4) is 17.1 Å². The second kappa shape index (κ2) is 10.7. The van der Waals surface area contributed by atoms with E-state index in [1.165, 1.54) is 18.2 Å². The van der Waals surface area contributed by atoms with Crippen LogP contribution >= 0.6 is 11.6 Å². The topological polar surface area (TPSA) is 49.2 Å². The quantitative estimate of drug-likeness (QED) is 0.207. The molecule has 2 aromatic heterocycles. The fourth-order valence-electron chi connectivity index (χ4n) is 4.63. The van der Waals surface area contributed by atoms with E-state index in [1.54, 1.807) is 30.3 Å². The van der Waals surface area contributed by atoms with Crippen molar-refractivity contribution < 1.29 is 22.6 Å². The first-order valence-electron chi connectivity index (χ1n) is 12.5. The SMILES string of the molecule is Fc1cc(Cl)ccc1COc1cccc(-c2ccc(Cc3nc4ccccc4n3C[C@@H]3CCO3)c(F)c2F)n1. The Labute approximate surface area is 227 Å². The maximum atomic E-state index is 15.4. The molecule has 5 aromatic rings. The van der Waals surface area contributed by atoms with Gasteiger partial charge in [0, 0.05) is 35.2 Å². The number of para-hydroxylation sites is 2. The van der Waals surface area contributed by atoms with Crippen LogP contribution in [0.25, 0.3) is 22.3 Å². The molecule has 0 radical (unpaired) electrons. The molecule has 39 heavy (non-hydrogen) atoms. The predicted molar refractivity (Wildman–Crippen MR) is 142 cm³/mol. The normalized spacial score (nSPS) is 14.9. The maximum Gasteiger partial charge on any atom is 0.214 e. The zero-order valence-electron chi connectivity index (χ0n) is 20.7. The molecule has 0 bridgehead atoms. The summed E-state index contributed by atoms with van der Waals surface area (Å²) in [4.78, 5) is 9.00. The molecule has 0 aliphatic carbocycles. The number of benzene rings is 3. The number of halogens is 4. The molecule has 1 atom stereocenters. The number of hydrogen-bond acceptors (Lipinski definition) is 4. The van der Waals surface area contributed by atoms with Crippen LogP contribution < -0.4 is 4.74 Å². The molecule has 198 valence electrons. The van der Waals surface area contributed by atoms with Gasteiger partial charge in [0.15, 0.2) is 11.6 Å². The van der Waals surface area contributed by atoms with E-state index >= 15 is 8.78 Å². The molecule has 1 aliphatic rings. The van der Waals surface area contributed by atoms with Crippen LogP contribution in [0.1, 0.15) is 23.4 Å². The van der Waals surface area contributed by atoms with E-state index in [9.17, 15) is 4.39 Å². The summed E-state index contributed by atoms with van der Waals surface area (Å²) in [6.07, 6.45) is 1.16. The number of aromatic nitrogens is 3. The summed E-state index contributed by atoms with van der Waals surface area (Å²) in [6.45, 7) is 1.24. The van der Waals surface area contributed by atoms with Gasteiger partial charge in [0.2, 0.25) is 5.88 Å². The van der Waals surface area contributed by atoms with Gasteiger partial charge in [0.1, 0.15) is 18.2 Å². The fraction of sp³-hybridized carbons (Fsp3) is 0.200. The van der Waals surface area contributed by atoms with Gasteiger partial charge in [-0.2, -0.15) is 0 Å². The molecule has 1 aliphatic heterocycles. The Kier molecular flexibility index (Phi) is 6.97. The summed E-state index contributed by atoms with van der Waals surface area (Å²) in [5.74, 6) is -1.68. The van der Waals surface area contributed by atoms with Crippen molar-refractivity contribution in [2.24, 2.45) is 0 Å². The van der Waals surface area contributed by atoms with Crippen molar-refractivity contribution >= 4 is 22.6 Å². The van der Waals surface area contributed by atoms with Gasteiger partial charge in [-0.25, -0.2) is 23.1 Å². The minimum absolute atomic E-state index is 0.00394. The van der Waals surface area contributed by atoms with Crippen molar-refractivity contribution in [3.63, 3.8) is 0 Å². The maximum absolute atomic E-state index is 15.4. The lowest BCUT2D eigenvalue weighted by Crippen LogP contribution is -2.31. The average Bonchev–Trinajstić information content (AvgIpc) is 3.25. The number of pyridine rings is 1. The van der Waals surface area contributed by atoms with Crippen LogP contribution in [0.15, 0.2) is 72.8 Å². The Morgan fingerprint density at radius 3 is 2.54 bits per heavy atom. The fourth-order valence-corrected chi connectivity index (χ4v) is 4.78. The highest BCUT2D eigenvalue weighted by atomic mass is 35.5. The van der Waals surface area contributed by atoms with E-state index < -0.39 is 17.5 Å². The summed E-state index contributed by atoms with van der Waals surface area (Å²) >= 11 is 5.79. The molecule has 6 rings (SSSR count). The van der Waals surface area contributed by atoms with Gasteiger partial charge >= 0.3 is 0 Å². The largest absolute Gasteiger partial charge is 0.473 e. The van der Waals surface area contributed by atoms with E-state index in [4.69, 9.17) is 26.1 Å². The van der Waals surface area contributed by atoms with E-state index in [2.05, 4.69) is 4.98 Å². The van der Waals surface area contributed by atoms with Gasteiger partial charge in [0.25, 0.3) is 0 Å². The Morgan fingerprint density at radius 2 is 1.74 bits per heavy atom. The highest BCUT2D eigenvalue weighted by Crippen LogP contribution is 2.29. The molecular weight excluding hydrogens is 527 g/mol. The molecule has 0 N–H and O–H groups in total. The smallest absolute Gasteiger partial charge is 0.214 e. The standard InChI is InChI=1S/C30H23ClF3N3O2/c31-20-10-8-19(23(32)15-20)17-39-28-7-3-5-24(36-28)22-11-9-18(29(33)30(22)34)14-27-35-25-4-1-2-6-26(25)37(27)16-21-12-13-38-21/h1-11,15,21H,12-14,16-17H2/t21-/m0/s1. The van der Waals surface area contributed by atoms with Crippen LogP contribution in [0.2, 0.25) is 5.02 Å². The number of fused-ring (bicyclic) bond motifs is 1. The van der Waals surface area contributed by atoms with E-state index in [0.29, 0.717) is 17.9 Å². The van der Waals surface area contributed by atoms with Crippen LogP contribution in [-0.4, -0.2) is 27.2 Å². The minimum Gasteiger partial charge on any atom is -0.473 e. The van der Waals surface area contributed by atoms with Crippen LogP contribution in [0.4, 0.5) is 13.2 Å². The van der Waals surface area contributed by atoms with Crippen LogP contribution in [-0.2, 0) is 24.3 Å². The summed E-state index contributed by atoms with van der Waals surface area (Å²) in [6, 6.07) is 19.8. The lowest BCUT2D eigenvalue weighted by Gasteiger charge is -2.27. The van der Waals surface area contributed by atoms with Gasteiger partial charge in [-0.3, -0.25) is 0 Å². The Hall–Kier alpha value is -3.88. The van der Waals surface area contributed by atoms with Crippen molar-refractivity contribution in [2.75, 3.05) is 6.61 Å². The number of ether oxygens (including phenoxy) is 2. The number of hydrogen-bond donors (Lipinski definition) is 0. The van der Waals surface area contributed by atoms with Crippen molar-refractivity contribution in [3.05, 3.63) is 112 Å². The third kappa shape index (κ3) is 5.22. The molecule has 0 amide bonds. The van der Waals surface area contributed by atoms with Crippen molar-refractivity contribution in [1.82, 2.24) is 14.5 Å². The summed E-state index contributed by atoms with van der Waals surface area (Å²) in [5.41, 5.74) is 2.40. The lowest BCUT2D eigenvalue weighted by atomic mass is 10.0. The molecule has 5 nitrogen and oxygen atoms in total. The first-order chi connectivity index (χ1) is 19.0. The second-order valence-electron chi connectivity index (χ2n) is 9.37. The number of imidazole rings is 1. The van der Waals surface area contributed by atoms with Gasteiger partial charge in [-0.1, -0.05) is 41.9 Å². The first kappa shape index (κ1) is 25.4. The summed E-state index contributed by atoms with van der Waals surface area (Å²) < 4.78 is 58.0. The highest BCUT2D eigenvalue weighted by molar-refractivity contribution is 6.30. The Balaban J connectivity index is 1.25. The molecule has 0 saturated carbocycles. The van der Waals surface area contributed by atoms with E-state index in [1.807, 2.05) is 28.8 Å². The molecular formula is C30H23ClF3N3O2. The average molecular weight is 550 g/mol. The lowest BCUT2D eigenvalue weighted by molar-refractivity contribution is -0.0589. The minimum atomic E-state index is -1.01.